The fourth-order valence-electron chi connectivity index (χ4n) is 4.96. The molecule has 0 bridgehead atoms. The van der Waals surface area contributed by atoms with Crippen LogP contribution in [0.1, 0.15) is 55.4 Å². The molecule has 0 aromatic heterocycles. The fourth-order valence-corrected chi connectivity index (χ4v) is 4.96. The van der Waals surface area contributed by atoms with Gasteiger partial charge >= 0.3 is 17.9 Å². The number of benzene rings is 4. The number of methoxy groups -OCH3 is 1. The van der Waals surface area contributed by atoms with Crippen LogP contribution in [0, 0.1) is 0 Å². The van der Waals surface area contributed by atoms with Crippen LogP contribution in [0.15, 0.2) is 78.9 Å². The summed E-state index contributed by atoms with van der Waals surface area (Å²) >= 11 is 0. The first-order chi connectivity index (χ1) is 19.7. The van der Waals surface area contributed by atoms with Crippen molar-refractivity contribution in [3.63, 3.8) is 0 Å². The van der Waals surface area contributed by atoms with Gasteiger partial charge in [0.05, 0.1) is 25.6 Å². The molecular formula is C33H30O8. The van der Waals surface area contributed by atoms with Gasteiger partial charge in [-0.1, -0.05) is 36.4 Å². The zero-order valence-electron chi connectivity index (χ0n) is 23.2. The Morgan fingerprint density at radius 3 is 2.12 bits per heavy atom. The lowest BCUT2D eigenvalue weighted by molar-refractivity contribution is -0.153. The molecule has 1 heterocycles. The average Bonchev–Trinajstić information content (AvgIpc) is 2.96. The summed E-state index contributed by atoms with van der Waals surface area (Å²) in [6.07, 6.45) is -0.677. The quantitative estimate of drug-likeness (QED) is 0.195. The van der Waals surface area contributed by atoms with Gasteiger partial charge in [0.1, 0.15) is 29.1 Å². The molecule has 5 rings (SSSR count). The molecule has 0 aliphatic carbocycles. The Kier molecular flexibility index (Phi) is 7.92. The van der Waals surface area contributed by atoms with E-state index in [0.29, 0.717) is 22.8 Å². The Morgan fingerprint density at radius 1 is 0.780 bits per heavy atom. The van der Waals surface area contributed by atoms with Gasteiger partial charge in [-0.25, -0.2) is 0 Å². The number of fused-ring (bicyclic) bond motifs is 2. The largest absolute Gasteiger partial charge is 0.497 e. The third kappa shape index (κ3) is 6.17. The molecule has 3 atom stereocenters. The zero-order chi connectivity index (χ0) is 29.1. The molecule has 41 heavy (non-hydrogen) atoms. The van der Waals surface area contributed by atoms with Crippen LogP contribution < -0.4 is 18.9 Å². The van der Waals surface area contributed by atoms with Gasteiger partial charge in [-0.2, -0.15) is 0 Å². The summed E-state index contributed by atoms with van der Waals surface area (Å²) in [5, 5.41) is 2.00. The summed E-state index contributed by atoms with van der Waals surface area (Å²) in [6, 6.07) is 23.7. The maximum atomic E-state index is 13.6. The molecule has 0 spiro atoms. The lowest BCUT2D eigenvalue weighted by Crippen LogP contribution is -2.29. The number of carbonyl (C=O) groups excluding carboxylic acids is 3. The second kappa shape index (κ2) is 11.7. The van der Waals surface area contributed by atoms with Gasteiger partial charge in [-0.15, -0.1) is 0 Å². The van der Waals surface area contributed by atoms with Crippen LogP contribution in [-0.4, -0.2) is 31.6 Å². The van der Waals surface area contributed by atoms with E-state index in [4.69, 9.17) is 23.7 Å². The molecule has 4 aromatic rings. The van der Waals surface area contributed by atoms with Gasteiger partial charge in [0.2, 0.25) is 0 Å². The molecule has 0 saturated heterocycles. The highest BCUT2D eigenvalue weighted by atomic mass is 16.6. The molecule has 0 amide bonds. The summed E-state index contributed by atoms with van der Waals surface area (Å²) in [4.78, 5) is 36.4. The van der Waals surface area contributed by atoms with Gasteiger partial charge in [-0.3, -0.25) is 14.4 Å². The van der Waals surface area contributed by atoms with Gasteiger partial charge in [0.25, 0.3) is 0 Å². The van der Waals surface area contributed by atoms with Gasteiger partial charge < -0.3 is 23.7 Å². The number of hydrogen-bond donors (Lipinski definition) is 0. The molecule has 210 valence electrons. The summed E-state index contributed by atoms with van der Waals surface area (Å²) in [7, 11) is 1.63. The van der Waals surface area contributed by atoms with E-state index in [1.165, 1.54) is 13.8 Å². The SMILES string of the molecule is COc1ccc2cc([C@H](C)C(=O)O[C@H]3c4ccc(OC(C)=O)cc4OC[C@H]3c3ccc(OC(C)=O)cc3)ccc2c1. The summed E-state index contributed by atoms with van der Waals surface area (Å²) in [5.74, 6) is -0.134. The monoisotopic (exact) mass is 554 g/mol. The van der Waals surface area contributed by atoms with E-state index in [1.807, 2.05) is 55.5 Å². The minimum absolute atomic E-state index is 0.216. The van der Waals surface area contributed by atoms with E-state index in [1.54, 1.807) is 37.4 Å². The molecule has 0 saturated carbocycles. The molecule has 1 aliphatic heterocycles. The van der Waals surface area contributed by atoms with Crippen molar-refractivity contribution in [1.29, 1.82) is 0 Å². The van der Waals surface area contributed by atoms with Gasteiger partial charge in [0, 0.05) is 25.5 Å². The first-order valence-electron chi connectivity index (χ1n) is 13.2. The van der Waals surface area contributed by atoms with Crippen molar-refractivity contribution >= 4 is 28.7 Å². The number of ether oxygens (including phenoxy) is 5. The highest BCUT2D eigenvalue weighted by Crippen LogP contribution is 2.45. The normalized spacial score (nSPS) is 16.6. The van der Waals surface area contributed by atoms with Crippen molar-refractivity contribution in [2.24, 2.45) is 0 Å². The van der Waals surface area contributed by atoms with Crippen molar-refractivity contribution in [2.45, 2.75) is 38.7 Å². The second-order valence-corrected chi connectivity index (χ2v) is 9.93. The summed E-state index contributed by atoms with van der Waals surface area (Å²) in [6.45, 7) is 4.70. The minimum atomic E-state index is -0.677. The summed E-state index contributed by atoms with van der Waals surface area (Å²) < 4.78 is 28.0. The van der Waals surface area contributed by atoms with Crippen molar-refractivity contribution < 1.29 is 38.1 Å². The van der Waals surface area contributed by atoms with Crippen LogP contribution in [0.2, 0.25) is 0 Å². The van der Waals surface area contributed by atoms with E-state index in [2.05, 4.69) is 0 Å². The first-order valence-corrected chi connectivity index (χ1v) is 13.2. The zero-order valence-corrected chi connectivity index (χ0v) is 23.2. The van der Waals surface area contributed by atoms with Crippen molar-refractivity contribution in [1.82, 2.24) is 0 Å². The van der Waals surface area contributed by atoms with E-state index < -0.39 is 24.0 Å². The third-order valence-electron chi connectivity index (χ3n) is 7.07. The predicted molar refractivity (Wildman–Crippen MR) is 151 cm³/mol. The molecule has 0 fully saturated rings. The summed E-state index contributed by atoms with van der Waals surface area (Å²) in [5.41, 5.74) is 2.33. The van der Waals surface area contributed by atoms with Crippen LogP contribution in [0.25, 0.3) is 10.8 Å². The highest BCUT2D eigenvalue weighted by molar-refractivity contribution is 5.87. The van der Waals surface area contributed by atoms with Crippen LogP contribution in [0.4, 0.5) is 0 Å². The molecule has 0 unspecified atom stereocenters. The van der Waals surface area contributed by atoms with Crippen molar-refractivity contribution in [3.05, 3.63) is 95.6 Å². The Hall–Kier alpha value is -4.85. The Morgan fingerprint density at radius 2 is 1.41 bits per heavy atom. The Labute approximate surface area is 237 Å². The second-order valence-electron chi connectivity index (χ2n) is 9.93. The lowest BCUT2D eigenvalue weighted by atomic mass is 9.87. The Balaban J connectivity index is 1.45. The maximum absolute atomic E-state index is 13.6. The van der Waals surface area contributed by atoms with Crippen LogP contribution in [0.5, 0.6) is 23.0 Å². The van der Waals surface area contributed by atoms with E-state index >= 15 is 0 Å². The number of rotatable bonds is 7. The fraction of sp³-hybridized carbons (Fsp3) is 0.242. The molecule has 4 aromatic carbocycles. The standard InChI is InChI=1S/C33H30O8/c1-19(23-5-6-25-16-27(37-4)12-9-24(25)15-23)33(36)41-32-29-14-13-28(40-21(3)35)17-31(29)38-18-30(32)22-7-10-26(11-8-22)39-20(2)34/h5-17,19,30,32H,18H2,1-4H3/t19-,30-,32-/m0/s1. The molecule has 8 heteroatoms. The van der Waals surface area contributed by atoms with Crippen LogP contribution in [-0.2, 0) is 19.1 Å². The van der Waals surface area contributed by atoms with E-state index in [9.17, 15) is 14.4 Å². The first kappa shape index (κ1) is 27.7. The molecule has 1 aliphatic rings. The maximum Gasteiger partial charge on any atom is 0.313 e. The van der Waals surface area contributed by atoms with E-state index in [0.717, 1.165) is 27.6 Å². The average molecular weight is 555 g/mol. The number of carbonyl (C=O) groups is 3. The minimum Gasteiger partial charge on any atom is -0.497 e. The third-order valence-corrected chi connectivity index (χ3v) is 7.07. The predicted octanol–water partition coefficient (Wildman–Crippen LogP) is 6.26. The van der Waals surface area contributed by atoms with Gasteiger partial charge in [0.15, 0.2) is 0 Å². The van der Waals surface area contributed by atoms with Crippen molar-refractivity contribution in [3.8, 4) is 23.0 Å². The molecule has 8 nitrogen and oxygen atoms in total. The van der Waals surface area contributed by atoms with Gasteiger partial charge in [-0.05, 0) is 65.2 Å². The topological polar surface area (TPSA) is 97.4 Å². The number of hydrogen-bond acceptors (Lipinski definition) is 8. The molecule has 0 N–H and O–H groups in total. The molecular weight excluding hydrogens is 524 g/mol. The highest BCUT2D eigenvalue weighted by Gasteiger charge is 2.36. The van der Waals surface area contributed by atoms with Crippen LogP contribution in [0.3, 0.4) is 0 Å². The lowest BCUT2D eigenvalue weighted by Gasteiger charge is -2.34. The van der Waals surface area contributed by atoms with E-state index in [-0.39, 0.29) is 18.5 Å². The number of esters is 3. The Bertz CT molecular complexity index is 1610. The van der Waals surface area contributed by atoms with Crippen LogP contribution >= 0.6 is 0 Å². The smallest absolute Gasteiger partial charge is 0.313 e. The van der Waals surface area contributed by atoms with Crippen molar-refractivity contribution in [2.75, 3.05) is 13.7 Å². The molecule has 0 radical (unpaired) electrons.